The van der Waals surface area contributed by atoms with Gasteiger partial charge in [0.2, 0.25) is 5.91 Å². The fraction of sp³-hybridized carbons (Fsp3) is 0.667. The van der Waals surface area contributed by atoms with Crippen molar-refractivity contribution in [2.45, 2.75) is 25.4 Å². The smallest absolute Gasteiger partial charge is 0.217 e. The molecule has 2 rings (SSSR count). The van der Waals surface area contributed by atoms with Gasteiger partial charge in [-0.25, -0.2) is 0 Å². The molecule has 2 unspecified atom stereocenters. The molecule has 0 bridgehead atoms. The summed E-state index contributed by atoms with van der Waals surface area (Å²) in [7, 11) is 1.90. The van der Waals surface area contributed by atoms with Crippen LogP contribution in [0.1, 0.15) is 24.9 Å². The Labute approximate surface area is 107 Å². The molecule has 100 valence electrons. The summed E-state index contributed by atoms with van der Waals surface area (Å²) in [5.74, 6) is 0.0347. The van der Waals surface area contributed by atoms with Crippen LogP contribution in [0.5, 0.6) is 0 Å². The van der Waals surface area contributed by atoms with Crippen molar-refractivity contribution in [2.75, 3.05) is 19.6 Å². The molecule has 0 radical (unpaired) electrons. The number of rotatable bonds is 4. The Kier molecular flexibility index (Phi) is 3.98. The Morgan fingerprint density at radius 3 is 3.06 bits per heavy atom. The molecule has 1 fully saturated rings. The maximum absolute atomic E-state index is 11.1. The number of hydrogen-bond donors (Lipinski definition) is 2. The Morgan fingerprint density at radius 2 is 2.50 bits per heavy atom. The highest BCUT2D eigenvalue weighted by atomic mass is 16.1. The van der Waals surface area contributed by atoms with E-state index in [1.807, 2.05) is 19.4 Å². The molecular formula is C12H21N5O. The van der Waals surface area contributed by atoms with E-state index in [0.29, 0.717) is 6.54 Å². The number of aromatic nitrogens is 2. The lowest BCUT2D eigenvalue weighted by Gasteiger charge is -2.25. The van der Waals surface area contributed by atoms with Gasteiger partial charge in [-0.05, 0) is 6.42 Å². The van der Waals surface area contributed by atoms with E-state index in [9.17, 15) is 4.79 Å². The van der Waals surface area contributed by atoms with Gasteiger partial charge in [-0.3, -0.25) is 14.4 Å². The fourth-order valence-electron chi connectivity index (χ4n) is 2.58. The molecule has 2 atom stereocenters. The summed E-state index contributed by atoms with van der Waals surface area (Å²) < 4.78 is 1.79. The second kappa shape index (κ2) is 5.49. The second-order valence-electron chi connectivity index (χ2n) is 4.88. The van der Waals surface area contributed by atoms with Gasteiger partial charge < -0.3 is 11.1 Å². The van der Waals surface area contributed by atoms with Crippen LogP contribution in [-0.2, 0) is 11.8 Å². The van der Waals surface area contributed by atoms with Crippen molar-refractivity contribution in [3.8, 4) is 0 Å². The molecule has 6 heteroatoms. The highest BCUT2D eigenvalue weighted by molar-refractivity contribution is 5.73. The zero-order chi connectivity index (χ0) is 13.1. The number of likely N-dealkylation sites (tertiary alicyclic amines) is 1. The van der Waals surface area contributed by atoms with Gasteiger partial charge in [-0.1, -0.05) is 0 Å². The predicted octanol–water partition coefficient (Wildman–Crippen LogP) is -0.370. The Morgan fingerprint density at radius 1 is 1.72 bits per heavy atom. The van der Waals surface area contributed by atoms with Crippen LogP contribution in [0.15, 0.2) is 12.4 Å². The molecule has 18 heavy (non-hydrogen) atoms. The highest BCUT2D eigenvalue weighted by Gasteiger charge is 2.29. The van der Waals surface area contributed by atoms with Crippen molar-refractivity contribution in [3.63, 3.8) is 0 Å². The molecule has 1 aromatic rings. The molecule has 0 saturated carbocycles. The summed E-state index contributed by atoms with van der Waals surface area (Å²) in [6.07, 6.45) is 4.85. The molecule has 3 N–H and O–H groups in total. The third-order valence-electron chi connectivity index (χ3n) is 3.40. The molecule has 2 heterocycles. The van der Waals surface area contributed by atoms with Gasteiger partial charge in [-0.15, -0.1) is 0 Å². The monoisotopic (exact) mass is 251 g/mol. The fourth-order valence-corrected chi connectivity index (χ4v) is 2.58. The quantitative estimate of drug-likeness (QED) is 0.765. The van der Waals surface area contributed by atoms with Crippen LogP contribution >= 0.6 is 0 Å². The van der Waals surface area contributed by atoms with E-state index in [4.69, 9.17) is 5.73 Å². The van der Waals surface area contributed by atoms with Crippen LogP contribution in [-0.4, -0.2) is 46.3 Å². The van der Waals surface area contributed by atoms with Crippen LogP contribution in [0.25, 0.3) is 0 Å². The number of carbonyl (C=O) groups is 1. The molecule has 1 amide bonds. The summed E-state index contributed by atoms with van der Waals surface area (Å²) in [6, 6.07) is 0.436. The average Bonchev–Trinajstić information content (AvgIpc) is 2.89. The van der Waals surface area contributed by atoms with Crippen LogP contribution < -0.4 is 11.1 Å². The van der Waals surface area contributed by atoms with Crippen LogP contribution in [0.4, 0.5) is 0 Å². The predicted molar refractivity (Wildman–Crippen MR) is 68.8 cm³/mol. The SMILES string of the molecule is CC(=O)NC1CCN(C(CN)c2cnn(C)c2)C1. The minimum Gasteiger partial charge on any atom is -0.352 e. The molecule has 0 spiro atoms. The summed E-state index contributed by atoms with van der Waals surface area (Å²) in [5, 5.41) is 7.15. The van der Waals surface area contributed by atoms with Crippen molar-refractivity contribution < 1.29 is 4.79 Å². The number of nitrogens with one attached hydrogen (secondary N) is 1. The number of hydrogen-bond acceptors (Lipinski definition) is 4. The molecule has 0 aromatic carbocycles. The summed E-state index contributed by atoms with van der Waals surface area (Å²) in [4.78, 5) is 13.4. The first-order valence-electron chi connectivity index (χ1n) is 6.30. The average molecular weight is 251 g/mol. The lowest BCUT2D eigenvalue weighted by Crippen LogP contribution is -2.38. The van der Waals surface area contributed by atoms with E-state index < -0.39 is 0 Å². The third-order valence-corrected chi connectivity index (χ3v) is 3.40. The number of nitrogens with two attached hydrogens (primary N) is 1. The number of nitrogens with zero attached hydrogens (tertiary/aromatic N) is 3. The van der Waals surface area contributed by atoms with Crippen molar-refractivity contribution in [2.24, 2.45) is 12.8 Å². The largest absolute Gasteiger partial charge is 0.352 e. The van der Waals surface area contributed by atoms with E-state index in [0.717, 1.165) is 25.1 Å². The number of carbonyl (C=O) groups excluding carboxylic acids is 1. The summed E-state index contributed by atoms with van der Waals surface area (Å²) in [5.41, 5.74) is 7.02. The van der Waals surface area contributed by atoms with Crippen LogP contribution in [0.3, 0.4) is 0 Å². The number of amides is 1. The maximum Gasteiger partial charge on any atom is 0.217 e. The molecule has 1 saturated heterocycles. The van der Waals surface area contributed by atoms with Gasteiger partial charge in [0.15, 0.2) is 0 Å². The first kappa shape index (κ1) is 13.0. The lowest BCUT2D eigenvalue weighted by molar-refractivity contribution is -0.119. The standard InChI is InChI=1S/C12H21N5O/c1-9(18)15-11-3-4-17(8-11)12(5-13)10-6-14-16(2)7-10/h6-7,11-12H,3-5,8,13H2,1-2H3,(H,15,18). The minimum absolute atomic E-state index is 0.0347. The van der Waals surface area contributed by atoms with E-state index in [2.05, 4.69) is 15.3 Å². The van der Waals surface area contributed by atoms with Gasteiger partial charge in [0.25, 0.3) is 0 Å². The first-order chi connectivity index (χ1) is 8.60. The Bertz CT molecular complexity index is 416. The minimum atomic E-state index is 0.0347. The van der Waals surface area contributed by atoms with Crippen molar-refractivity contribution in [1.82, 2.24) is 20.0 Å². The third kappa shape index (κ3) is 2.88. The second-order valence-corrected chi connectivity index (χ2v) is 4.88. The first-order valence-corrected chi connectivity index (χ1v) is 6.30. The normalized spacial score (nSPS) is 22.1. The summed E-state index contributed by atoms with van der Waals surface area (Å²) in [6.45, 7) is 3.95. The van der Waals surface area contributed by atoms with Crippen molar-refractivity contribution >= 4 is 5.91 Å². The van der Waals surface area contributed by atoms with Crippen LogP contribution in [0, 0.1) is 0 Å². The summed E-state index contributed by atoms with van der Waals surface area (Å²) >= 11 is 0. The molecule has 1 aromatic heterocycles. The van der Waals surface area contributed by atoms with Crippen molar-refractivity contribution in [3.05, 3.63) is 18.0 Å². The molecular weight excluding hydrogens is 230 g/mol. The van der Waals surface area contributed by atoms with Gasteiger partial charge in [0.05, 0.1) is 12.2 Å². The zero-order valence-corrected chi connectivity index (χ0v) is 11.0. The zero-order valence-electron chi connectivity index (χ0n) is 11.0. The topological polar surface area (TPSA) is 76.2 Å². The van der Waals surface area contributed by atoms with Crippen LogP contribution in [0.2, 0.25) is 0 Å². The molecule has 6 nitrogen and oxygen atoms in total. The highest BCUT2D eigenvalue weighted by Crippen LogP contribution is 2.23. The lowest BCUT2D eigenvalue weighted by atomic mass is 10.1. The molecule has 1 aliphatic heterocycles. The van der Waals surface area contributed by atoms with Gasteiger partial charge in [0.1, 0.15) is 0 Å². The maximum atomic E-state index is 11.1. The van der Waals surface area contributed by atoms with E-state index >= 15 is 0 Å². The van der Waals surface area contributed by atoms with Gasteiger partial charge >= 0.3 is 0 Å². The number of aryl methyl sites for hydroxylation is 1. The molecule has 0 aliphatic carbocycles. The Balaban J connectivity index is 2.00. The van der Waals surface area contributed by atoms with Gasteiger partial charge in [0, 0.05) is 51.4 Å². The van der Waals surface area contributed by atoms with E-state index in [-0.39, 0.29) is 18.0 Å². The Hall–Kier alpha value is -1.40. The van der Waals surface area contributed by atoms with Gasteiger partial charge in [-0.2, -0.15) is 5.10 Å². The molecule has 1 aliphatic rings. The van der Waals surface area contributed by atoms with E-state index in [1.165, 1.54) is 0 Å². The van der Waals surface area contributed by atoms with Crippen molar-refractivity contribution in [1.29, 1.82) is 0 Å². The van der Waals surface area contributed by atoms with E-state index in [1.54, 1.807) is 11.6 Å².